The van der Waals surface area contributed by atoms with Crippen molar-refractivity contribution in [1.82, 2.24) is 5.32 Å². The Morgan fingerprint density at radius 3 is 2.17 bits per heavy atom. The van der Waals surface area contributed by atoms with E-state index < -0.39 is 30.3 Å². The summed E-state index contributed by atoms with van der Waals surface area (Å²) in [5.41, 5.74) is 0.259. The van der Waals surface area contributed by atoms with E-state index in [9.17, 15) is 14.4 Å². The van der Waals surface area contributed by atoms with Crippen molar-refractivity contribution in [1.29, 1.82) is 0 Å². The molecule has 18 heavy (non-hydrogen) atoms. The zero-order valence-corrected chi connectivity index (χ0v) is 10.7. The van der Waals surface area contributed by atoms with Gasteiger partial charge in [-0.1, -0.05) is 15.9 Å². The highest BCUT2D eigenvalue weighted by atomic mass is 79.9. The van der Waals surface area contributed by atoms with Crippen molar-refractivity contribution >= 4 is 33.8 Å². The Morgan fingerprint density at radius 2 is 1.72 bits per heavy atom. The van der Waals surface area contributed by atoms with Crippen LogP contribution in [-0.4, -0.2) is 34.1 Å². The van der Waals surface area contributed by atoms with Gasteiger partial charge < -0.3 is 15.5 Å². The monoisotopic (exact) mass is 315 g/mol. The number of aliphatic carboxylic acids is 2. The highest BCUT2D eigenvalue weighted by Crippen LogP contribution is 2.10. The molecule has 0 aliphatic carbocycles. The number of benzene rings is 1. The third-order valence-corrected chi connectivity index (χ3v) is 2.62. The summed E-state index contributed by atoms with van der Waals surface area (Å²) in [6.07, 6.45) is -0.669. The van der Waals surface area contributed by atoms with Gasteiger partial charge in [-0.3, -0.25) is 9.59 Å². The topological polar surface area (TPSA) is 104 Å². The molecule has 0 saturated carbocycles. The van der Waals surface area contributed by atoms with Crippen LogP contribution in [0.15, 0.2) is 28.7 Å². The zero-order chi connectivity index (χ0) is 13.7. The number of nitrogens with one attached hydrogen (secondary N) is 1. The van der Waals surface area contributed by atoms with E-state index in [1.54, 1.807) is 12.1 Å². The van der Waals surface area contributed by atoms with E-state index in [0.717, 1.165) is 4.47 Å². The first-order chi connectivity index (χ1) is 8.40. The fourth-order valence-corrected chi connectivity index (χ4v) is 1.48. The average molecular weight is 316 g/mol. The quantitative estimate of drug-likeness (QED) is 0.755. The maximum Gasteiger partial charge on any atom is 0.326 e. The van der Waals surface area contributed by atoms with Crippen LogP contribution in [0.1, 0.15) is 16.8 Å². The molecule has 1 amide bonds. The third-order valence-electron chi connectivity index (χ3n) is 2.09. The van der Waals surface area contributed by atoms with Crippen molar-refractivity contribution < 1.29 is 24.6 Å². The van der Waals surface area contributed by atoms with Crippen LogP contribution in [0.3, 0.4) is 0 Å². The van der Waals surface area contributed by atoms with Crippen molar-refractivity contribution in [3.05, 3.63) is 34.3 Å². The second-order valence-electron chi connectivity index (χ2n) is 3.47. The number of hydrogen-bond donors (Lipinski definition) is 3. The van der Waals surface area contributed by atoms with E-state index in [0.29, 0.717) is 0 Å². The second kappa shape index (κ2) is 6.15. The summed E-state index contributed by atoms with van der Waals surface area (Å²) in [6.45, 7) is 0. The number of rotatable bonds is 5. The van der Waals surface area contributed by atoms with Crippen molar-refractivity contribution in [3.8, 4) is 0 Å². The molecule has 0 heterocycles. The molecule has 1 aromatic rings. The lowest BCUT2D eigenvalue weighted by Gasteiger charge is -2.12. The van der Waals surface area contributed by atoms with Crippen LogP contribution in [0.5, 0.6) is 0 Å². The zero-order valence-electron chi connectivity index (χ0n) is 9.09. The van der Waals surface area contributed by atoms with Gasteiger partial charge in [0.15, 0.2) is 0 Å². The fourth-order valence-electron chi connectivity index (χ4n) is 1.22. The largest absolute Gasteiger partial charge is 0.481 e. The van der Waals surface area contributed by atoms with E-state index in [4.69, 9.17) is 10.2 Å². The standard InChI is InChI=1S/C11H10BrNO5/c12-7-3-1-6(2-4-7)10(16)13-8(11(17)18)5-9(14)15/h1-4,8H,5H2,(H,13,16)(H,14,15)(H,17,18)/t8-/m1/s1. The number of carboxylic acid groups (broad SMARTS) is 2. The molecule has 1 rings (SSSR count). The molecular formula is C11H10BrNO5. The van der Waals surface area contributed by atoms with Gasteiger partial charge >= 0.3 is 11.9 Å². The maximum absolute atomic E-state index is 11.7. The van der Waals surface area contributed by atoms with Gasteiger partial charge in [0.25, 0.3) is 5.91 Å². The molecule has 0 bridgehead atoms. The minimum atomic E-state index is -1.45. The van der Waals surface area contributed by atoms with Gasteiger partial charge in [0.2, 0.25) is 0 Å². The van der Waals surface area contributed by atoms with Crippen LogP contribution in [0, 0.1) is 0 Å². The Balaban J connectivity index is 2.75. The first kappa shape index (κ1) is 14.2. The Hall–Kier alpha value is -1.89. The lowest BCUT2D eigenvalue weighted by atomic mass is 10.1. The van der Waals surface area contributed by atoms with E-state index in [-0.39, 0.29) is 5.56 Å². The Labute approximate surface area is 111 Å². The minimum Gasteiger partial charge on any atom is -0.481 e. The van der Waals surface area contributed by atoms with Gasteiger partial charge in [-0.05, 0) is 24.3 Å². The molecule has 0 radical (unpaired) electrons. The van der Waals surface area contributed by atoms with E-state index in [1.807, 2.05) is 0 Å². The van der Waals surface area contributed by atoms with Crippen LogP contribution in [0.4, 0.5) is 0 Å². The predicted octanol–water partition coefficient (Wildman–Crippen LogP) is 1.11. The van der Waals surface area contributed by atoms with E-state index in [2.05, 4.69) is 21.2 Å². The van der Waals surface area contributed by atoms with Crippen molar-refractivity contribution in [2.45, 2.75) is 12.5 Å². The summed E-state index contributed by atoms with van der Waals surface area (Å²) >= 11 is 3.20. The number of hydrogen-bond acceptors (Lipinski definition) is 3. The predicted molar refractivity (Wildman–Crippen MR) is 65.3 cm³/mol. The Kier molecular flexibility index (Phi) is 4.85. The minimum absolute atomic E-state index is 0.259. The molecule has 0 fully saturated rings. The first-order valence-corrected chi connectivity index (χ1v) is 5.70. The fraction of sp³-hybridized carbons (Fsp3) is 0.182. The van der Waals surface area contributed by atoms with Crippen molar-refractivity contribution in [3.63, 3.8) is 0 Å². The van der Waals surface area contributed by atoms with Crippen LogP contribution in [0.25, 0.3) is 0 Å². The lowest BCUT2D eigenvalue weighted by Crippen LogP contribution is -2.42. The van der Waals surface area contributed by atoms with Gasteiger partial charge in [-0.15, -0.1) is 0 Å². The Bertz CT molecular complexity index is 471. The number of carbonyl (C=O) groups excluding carboxylic acids is 1. The molecular weight excluding hydrogens is 306 g/mol. The highest BCUT2D eigenvalue weighted by molar-refractivity contribution is 9.10. The summed E-state index contributed by atoms with van der Waals surface area (Å²) < 4.78 is 0.777. The molecule has 0 saturated heterocycles. The normalized spacial score (nSPS) is 11.6. The molecule has 96 valence electrons. The van der Waals surface area contributed by atoms with Crippen molar-refractivity contribution in [2.75, 3.05) is 0 Å². The molecule has 0 aliphatic rings. The van der Waals surface area contributed by atoms with Gasteiger partial charge in [-0.2, -0.15) is 0 Å². The molecule has 7 heteroatoms. The van der Waals surface area contributed by atoms with Crippen LogP contribution in [-0.2, 0) is 9.59 Å². The van der Waals surface area contributed by atoms with Crippen LogP contribution in [0.2, 0.25) is 0 Å². The summed E-state index contributed by atoms with van der Waals surface area (Å²) in [6, 6.07) is 4.81. The van der Waals surface area contributed by atoms with E-state index in [1.165, 1.54) is 12.1 Å². The Morgan fingerprint density at radius 1 is 1.17 bits per heavy atom. The number of halogens is 1. The number of carboxylic acids is 2. The maximum atomic E-state index is 11.7. The van der Waals surface area contributed by atoms with Crippen LogP contribution >= 0.6 is 15.9 Å². The molecule has 1 aromatic carbocycles. The summed E-state index contributed by atoms with van der Waals surface area (Å²) in [5, 5.41) is 19.5. The molecule has 3 N–H and O–H groups in total. The van der Waals surface area contributed by atoms with Gasteiger partial charge in [0, 0.05) is 10.0 Å². The highest BCUT2D eigenvalue weighted by Gasteiger charge is 2.23. The molecule has 0 aromatic heterocycles. The number of carbonyl (C=O) groups is 3. The number of amides is 1. The molecule has 6 nitrogen and oxygen atoms in total. The second-order valence-corrected chi connectivity index (χ2v) is 4.38. The smallest absolute Gasteiger partial charge is 0.326 e. The third kappa shape index (κ3) is 4.17. The van der Waals surface area contributed by atoms with Crippen LogP contribution < -0.4 is 5.32 Å². The average Bonchev–Trinajstić information content (AvgIpc) is 2.28. The van der Waals surface area contributed by atoms with Gasteiger partial charge in [0.05, 0.1) is 6.42 Å². The summed E-state index contributed by atoms with van der Waals surface area (Å²) in [5.74, 6) is -3.31. The van der Waals surface area contributed by atoms with E-state index >= 15 is 0 Å². The summed E-state index contributed by atoms with van der Waals surface area (Å²) in [4.78, 5) is 32.9. The lowest BCUT2D eigenvalue weighted by molar-refractivity contribution is -0.145. The first-order valence-electron chi connectivity index (χ1n) is 4.91. The molecule has 1 atom stereocenters. The van der Waals surface area contributed by atoms with Gasteiger partial charge in [0.1, 0.15) is 6.04 Å². The molecule has 0 aliphatic heterocycles. The molecule has 0 unspecified atom stereocenters. The molecule has 0 spiro atoms. The van der Waals surface area contributed by atoms with Gasteiger partial charge in [-0.25, -0.2) is 4.79 Å². The van der Waals surface area contributed by atoms with Crippen molar-refractivity contribution in [2.24, 2.45) is 0 Å². The summed E-state index contributed by atoms with van der Waals surface area (Å²) in [7, 11) is 0. The SMILES string of the molecule is O=C(O)C[C@@H](NC(=O)c1ccc(Br)cc1)C(=O)O.